The van der Waals surface area contributed by atoms with Crippen LogP contribution >= 0.6 is 0 Å². The van der Waals surface area contributed by atoms with Crippen LogP contribution in [0.3, 0.4) is 0 Å². The third kappa shape index (κ3) is 3.87. The Hall–Kier alpha value is -1.84. The SMILES string of the molecule is CC[C@@H](C)NC(=O)C1CCN(C(=O)c2ccccc2C)CC1. The van der Waals surface area contributed by atoms with E-state index in [0.717, 1.165) is 30.4 Å². The van der Waals surface area contributed by atoms with Crippen LogP contribution in [0.5, 0.6) is 0 Å². The fourth-order valence-electron chi connectivity index (χ4n) is 2.79. The fourth-order valence-corrected chi connectivity index (χ4v) is 2.79. The van der Waals surface area contributed by atoms with E-state index in [9.17, 15) is 9.59 Å². The zero-order valence-corrected chi connectivity index (χ0v) is 13.8. The molecule has 4 nitrogen and oxygen atoms in total. The Labute approximate surface area is 132 Å². The van der Waals surface area contributed by atoms with Crippen LogP contribution in [-0.4, -0.2) is 35.8 Å². The number of aryl methyl sites for hydroxylation is 1. The summed E-state index contributed by atoms with van der Waals surface area (Å²) >= 11 is 0. The monoisotopic (exact) mass is 302 g/mol. The quantitative estimate of drug-likeness (QED) is 0.929. The van der Waals surface area contributed by atoms with Crippen LogP contribution in [0.1, 0.15) is 49.0 Å². The number of carbonyl (C=O) groups excluding carboxylic acids is 2. The second kappa shape index (κ2) is 7.43. The number of nitrogens with zero attached hydrogens (tertiary/aromatic N) is 1. The van der Waals surface area contributed by atoms with Crippen molar-refractivity contribution in [3.05, 3.63) is 35.4 Å². The number of likely N-dealkylation sites (tertiary alicyclic amines) is 1. The number of rotatable bonds is 4. The Kier molecular flexibility index (Phi) is 5.58. The second-order valence-electron chi connectivity index (χ2n) is 6.20. The van der Waals surface area contributed by atoms with E-state index in [-0.39, 0.29) is 23.8 Å². The van der Waals surface area contributed by atoms with Crippen LogP contribution in [0.2, 0.25) is 0 Å². The predicted octanol–water partition coefficient (Wildman–Crippen LogP) is 2.76. The van der Waals surface area contributed by atoms with E-state index in [1.54, 1.807) is 0 Å². The van der Waals surface area contributed by atoms with Gasteiger partial charge < -0.3 is 10.2 Å². The molecule has 1 aliphatic heterocycles. The zero-order valence-electron chi connectivity index (χ0n) is 13.8. The number of piperidine rings is 1. The van der Waals surface area contributed by atoms with E-state index >= 15 is 0 Å². The molecule has 0 spiro atoms. The maximum atomic E-state index is 12.5. The van der Waals surface area contributed by atoms with Gasteiger partial charge in [-0.1, -0.05) is 25.1 Å². The predicted molar refractivity (Wildman–Crippen MR) is 87.7 cm³/mol. The van der Waals surface area contributed by atoms with Crippen molar-refractivity contribution in [2.75, 3.05) is 13.1 Å². The third-order valence-electron chi connectivity index (χ3n) is 4.53. The number of benzene rings is 1. The van der Waals surface area contributed by atoms with Gasteiger partial charge in [0.1, 0.15) is 0 Å². The van der Waals surface area contributed by atoms with Gasteiger partial charge in [-0.05, 0) is 44.7 Å². The molecule has 1 aromatic rings. The molecule has 2 rings (SSSR count). The summed E-state index contributed by atoms with van der Waals surface area (Å²) in [6.07, 6.45) is 2.44. The van der Waals surface area contributed by atoms with Crippen LogP contribution in [-0.2, 0) is 4.79 Å². The largest absolute Gasteiger partial charge is 0.353 e. The van der Waals surface area contributed by atoms with E-state index in [4.69, 9.17) is 0 Å². The van der Waals surface area contributed by atoms with Gasteiger partial charge in [0.25, 0.3) is 5.91 Å². The number of hydrogen-bond donors (Lipinski definition) is 1. The topological polar surface area (TPSA) is 49.4 Å². The average molecular weight is 302 g/mol. The molecule has 4 heteroatoms. The summed E-state index contributed by atoms with van der Waals surface area (Å²) in [6, 6.07) is 7.89. The highest BCUT2D eigenvalue weighted by atomic mass is 16.2. The first kappa shape index (κ1) is 16.5. The molecule has 0 saturated carbocycles. The Balaban J connectivity index is 1.91. The van der Waals surface area contributed by atoms with Crippen LogP contribution in [0, 0.1) is 12.8 Å². The molecule has 0 bridgehead atoms. The minimum Gasteiger partial charge on any atom is -0.353 e. The first-order valence-electron chi connectivity index (χ1n) is 8.18. The molecule has 0 aromatic heterocycles. The maximum Gasteiger partial charge on any atom is 0.254 e. The summed E-state index contributed by atoms with van der Waals surface area (Å²) in [7, 11) is 0. The highest BCUT2D eigenvalue weighted by molar-refractivity contribution is 5.95. The third-order valence-corrected chi connectivity index (χ3v) is 4.53. The molecular weight excluding hydrogens is 276 g/mol. The minimum absolute atomic E-state index is 0.0370. The lowest BCUT2D eigenvalue weighted by molar-refractivity contribution is -0.126. The lowest BCUT2D eigenvalue weighted by Crippen LogP contribution is -2.44. The van der Waals surface area contributed by atoms with Crippen LogP contribution in [0.25, 0.3) is 0 Å². The molecular formula is C18H26N2O2. The molecule has 0 radical (unpaired) electrons. The van der Waals surface area contributed by atoms with Gasteiger partial charge in [-0.15, -0.1) is 0 Å². The fraction of sp³-hybridized carbons (Fsp3) is 0.556. The molecule has 1 aromatic carbocycles. The van der Waals surface area contributed by atoms with Crippen molar-refractivity contribution in [1.29, 1.82) is 0 Å². The normalized spacial score (nSPS) is 17.1. The van der Waals surface area contributed by atoms with Crippen molar-refractivity contribution in [3.8, 4) is 0 Å². The van der Waals surface area contributed by atoms with E-state index in [2.05, 4.69) is 12.2 Å². The van der Waals surface area contributed by atoms with Gasteiger partial charge in [0.15, 0.2) is 0 Å². The van der Waals surface area contributed by atoms with Gasteiger partial charge in [0, 0.05) is 30.6 Å². The van der Waals surface area contributed by atoms with Gasteiger partial charge in [0.2, 0.25) is 5.91 Å². The lowest BCUT2D eigenvalue weighted by atomic mass is 9.94. The molecule has 0 unspecified atom stereocenters. The van der Waals surface area contributed by atoms with E-state index in [1.165, 1.54) is 0 Å². The molecule has 120 valence electrons. The Bertz CT molecular complexity index is 534. The molecule has 1 N–H and O–H groups in total. The Morgan fingerprint density at radius 2 is 1.91 bits per heavy atom. The standard InChI is InChI=1S/C18H26N2O2/c1-4-14(3)19-17(21)15-9-11-20(12-10-15)18(22)16-8-6-5-7-13(16)2/h5-8,14-15H,4,9-12H2,1-3H3,(H,19,21)/t14-/m1/s1. The van der Waals surface area contributed by atoms with E-state index in [0.29, 0.717) is 13.1 Å². The summed E-state index contributed by atoms with van der Waals surface area (Å²) < 4.78 is 0. The number of nitrogens with one attached hydrogen (secondary N) is 1. The van der Waals surface area contributed by atoms with Gasteiger partial charge in [0.05, 0.1) is 0 Å². The molecule has 22 heavy (non-hydrogen) atoms. The smallest absolute Gasteiger partial charge is 0.254 e. The number of hydrogen-bond acceptors (Lipinski definition) is 2. The molecule has 1 heterocycles. The van der Waals surface area contributed by atoms with Crippen molar-refractivity contribution in [1.82, 2.24) is 10.2 Å². The summed E-state index contributed by atoms with van der Waals surface area (Å²) in [4.78, 5) is 26.6. The highest BCUT2D eigenvalue weighted by Gasteiger charge is 2.28. The molecule has 1 fully saturated rings. The van der Waals surface area contributed by atoms with Crippen molar-refractivity contribution in [2.24, 2.45) is 5.92 Å². The van der Waals surface area contributed by atoms with E-state index < -0.39 is 0 Å². The summed E-state index contributed by atoms with van der Waals surface area (Å²) in [5, 5.41) is 3.04. The van der Waals surface area contributed by atoms with Crippen LogP contribution in [0.15, 0.2) is 24.3 Å². The first-order chi connectivity index (χ1) is 10.5. The summed E-state index contributed by atoms with van der Waals surface area (Å²) in [5.74, 6) is 0.256. The molecule has 0 aliphatic carbocycles. The Morgan fingerprint density at radius 3 is 2.50 bits per heavy atom. The second-order valence-corrected chi connectivity index (χ2v) is 6.20. The molecule has 1 saturated heterocycles. The molecule has 1 aliphatic rings. The Morgan fingerprint density at radius 1 is 1.27 bits per heavy atom. The van der Waals surface area contributed by atoms with Gasteiger partial charge >= 0.3 is 0 Å². The van der Waals surface area contributed by atoms with Gasteiger partial charge in [-0.25, -0.2) is 0 Å². The van der Waals surface area contributed by atoms with Gasteiger partial charge in [-0.2, -0.15) is 0 Å². The molecule has 2 amide bonds. The first-order valence-corrected chi connectivity index (χ1v) is 8.18. The zero-order chi connectivity index (χ0) is 16.1. The lowest BCUT2D eigenvalue weighted by Gasteiger charge is -2.32. The van der Waals surface area contributed by atoms with Crippen LogP contribution < -0.4 is 5.32 Å². The number of carbonyl (C=O) groups is 2. The highest BCUT2D eigenvalue weighted by Crippen LogP contribution is 2.20. The van der Waals surface area contributed by atoms with Crippen molar-refractivity contribution in [2.45, 2.75) is 46.1 Å². The van der Waals surface area contributed by atoms with Crippen molar-refractivity contribution in [3.63, 3.8) is 0 Å². The number of amides is 2. The maximum absolute atomic E-state index is 12.5. The minimum atomic E-state index is 0.0370. The van der Waals surface area contributed by atoms with Crippen molar-refractivity contribution >= 4 is 11.8 Å². The van der Waals surface area contributed by atoms with Crippen molar-refractivity contribution < 1.29 is 9.59 Å². The molecule has 1 atom stereocenters. The summed E-state index contributed by atoms with van der Waals surface area (Å²) in [6.45, 7) is 7.36. The van der Waals surface area contributed by atoms with Gasteiger partial charge in [-0.3, -0.25) is 9.59 Å². The van der Waals surface area contributed by atoms with Crippen LogP contribution in [0.4, 0.5) is 0 Å². The summed E-state index contributed by atoms with van der Waals surface area (Å²) in [5.41, 5.74) is 1.77. The van der Waals surface area contributed by atoms with E-state index in [1.807, 2.05) is 43.0 Å². The average Bonchev–Trinajstić information content (AvgIpc) is 2.54.